The minimum absolute atomic E-state index is 0.104. The van der Waals surface area contributed by atoms with Crippen molar-refractivity contribution < 1.29 is 31.1 Å². The van der Waals surface area contributed by atoms with Crippen LogP contribution < -0.4 is 4.72 Å². The summed E-state index contributed by atoms with van der Waals surface area (Å²) in [6, 6.07) is 0. The Kier molecular flexibility index (Phi) is 4.23. The van der Waals surface area contributed by atoms with E-state index in [0.717, 1.165) is 19.3 Å². The number of sulfonamides is 1. The second-order valence-corrected chi connectivity index (χ2v) is 8.85. The molecule has 0 amide bonds. The summed E-state index contributed by atoms with van der Waals surface area (Å²) in [6.07, 6.45) is 2.33. The Hall–Kier alpha value is -1.09. The molecule has 0 saturated heterocycles. The highest BCUT2D eigenvalue weighted by atomic mass is 32.2. The monoisotopic (exact) mass is 367 g/mol. The third kappa shape index (κ3) is 2.75. The predicted octanol–water partition coefficient (Wildman–Crippen LogP) is 2.21. The SMILES string of the molecule is C=C(C)C(=O)OC1C(CNS(=O)(=O)C(F)(F)F)C2CC3CCC2C31. The molecule has 9 heteroatoms. The number of hydrogen-bond acceptors (Lipinski definition) is 4. The summed E-state index contributed by atoms with van der Waals surface area (Å²) in [6.45, 7) is 4.67. The zero-order valence-corrected chi connectivity index (χ0v) is 14.0. The van der Waals surface area contributed by atoms with E-state index in [9.17, 15) is 26.4 Å². The van der Waals surface area contributed by atoms with Gasteiger partial charge in [0.1, 0.15) is 6.10 Å². The van der Waals surface area contributed by atoms with Gasteiger partial charge in [-0.3, -0.25) is 0 Å². The number of halogens is 3. The van der Waals surface area contributed by atoms with Crippen molar-refractivity contribution in [1.82, 2.24) is 4.72 Å². The Morgan fingerprint density at radius 1 is 1.29 bits per heavy atom. The zero-order valence-electron chi connectivity index (χ0n) is 13.2. The Labute approximate surface area is 138 Å². The van der Waals surface area contributed by atoms with Crippen LogP contribution in [0.5, 0.6) is 0 Å². The standard InChI is InChI=1S/C15H20F3NO4S/c1-7(2)14(20)23-13-11(6-19-24(21,22)15(16,17)18)10-5-8-3-4-9(10)12(8)13/h8-13,19H,1,3-6H2,2H3. The summed E-state index contributed by atoms with van der Waals surface area (Å²) < 4.78 is 67.2. The quantitative estimate of drug-likeness (QED) is 0.597. The molecule has 3 saturated carbocycles. The van der Waals surface area contributed by atoms with Crippen molar-refractivity contribution in [1.29, 1.82) is 0 Å². The first-order valence-electron chi connectivity index (χ1n) is 7.95. The number of nitrogens with one attached hydrogen (secondary N) is 1. The summed E-state index contributed by atoms with van der Waals surface area (Å²) >= 11 is 0. The van der Waals surface area contributed by atoms with Gasteiger partial charge in [-0.25, -0.2) is 17.9 Å². The van der Waals surface area contributed by atoms with Crippen LogP contribution in [0.2, 0.25) is 0 Å². The molecule has 3 rings (SSSR count). The Morgan fingerprint density at radius 2 is 1.96 bits per heavy atom. The highest BCUT2D eigenvalue weighted by molar-refractivity contribution is 7.90. The Bertz CT molecular complexity index is 660. The predicted molar refractivity (Wildman–Crippen MR) is 79.0 cm³/mol. The van der Waals surface area contributed by atoms with E-state index in [-0.39, 0.29) is 24.0 Å². The maximum Gasteiger partial charge on any atom is 0.511 e. The molecule has 136 valence electrons. The minimum Gasteiger partial charge on any atom is -0.458 e. The van der Waals surface area contributed by atoms with E-state index in [1.54, 1.807) is 4.72 Å². The fourth-order valence-electron chi connectivity index (χ4n) is 4.92. The third-order valence-corrected chi connectivity index (χ3v) is 6.95. The summed E-state index contributed by atoms with van der Waals surface area (Å²) in [7, 11) is -5.39. The number of esters is 1. The lowest BCUT2D eigenvalue weighted by atomic mass is 9.77. The number of rotatable bonds is 5. The Morgan fingerprint density at radius 3 is 2.54 bits per heavy atom. The maximum atomic E-state index is 12.5. The van der Waals surface area contributed by atoms with Gasteiger partial charge in [0.2, 0.25) is 0 Å². The smallest absolute Gasteiger partial charge is 0.458 e. The molecule has 1 N–H and O–H groups in total. The van der Waals surface area contributed by atoms with Crippen molar-refractivity contribution in [3.05, 3.63) is 12.2 Å². The normalized spacial score (nSPS) is 37.7. The second-order valence-electron chi connectivity index (χ2n) is 7.09. The molecule has 0 heterocycles. The summed E-state index contributed by atoms with van der Waals surface area (Å²) in [4.78, 5) is 11.9. The molecule has 0 aromatic carbocycles. The Balaban J connectivity index is 1.75. The van der Waals surface area contributed by atoms with Crippen LogP contribution in [0.25, 0.3) is 0 Å². The molecule has 0 aromatic heterocycles. The highest BCUT2D eigenvalue weighted by Crippen LogP contribution is 2.64. The maximum absolute atomic E-state index is 12.5. The molecule has 5 nitrogen and oxygen atoms in total. The first-order valence-corrected chi connectivity index (χ1v) is 9.43. The first kappa shape index (κ1) is 17.7. The average molecular weight is 367 g/mol. The summed E-state index contributed by atoms with van der Waals surface area (Å²) in [5.74, 6) is -0.0457. The van der Waals surface area contributed by atoms with Crippen LogP contribution in [0.15, 0.2) is 12.2 Å². The summed E-state index contributed by atoms with van der Waals surface area (Å²) in [5.41, 5.74) is -5.12. The molecule has 3 fully saturated rings. The number of ether oxygens (including phenoxy) is 1. The van der Waals surface area contributed by atoms with Gasteiger partial charge in [-0.2, -0.15) is 13.2 Å². The van der Waals surface area contributed by atoms with Crippen LogP contribution in [0.4, 0.5) is 13.2 Å². The fraction of sp³-hybridized carbons (Fsp3) is 0.800. The fourth-order valence-corrected chi connectivity index (χ4v) is 5.49. The summed E-state index contributed by atoms with van der Waals surface area (Å²) in [5, 5.41) is 0. The third-order valence-electron chi connectivity index (χ3n) is 5.79. The van der Waals surface area contributed by atoms with E-state index >= 15 is 0 Å². The molecule has 4 bridgehead atoms. The van der Waals surface area contributed by atoms with Crippen LogP contribution in [0, 0.1) is 29.6 Å². The van der Waals surface area contributed by atoms with Gasteiger partial charge in [0.05, 0.1) is 0 Å². The molecule has 3 aliphatic carbocycles. The lowest BCUT2D eigenvalue weighted by Gasteiger charge is -2.35. The van der Waals surface area contributed by atoms with E-state index in [2.05, 4.69) is 6.58 Å². The first-order chi connectivity index (χ1) is 11.0. The molecule has 24 heavy (non-hydrogen) atoms. The van der Waals surface area contributed by atoms with Crippen molar-refractivity contribution in [3.63, 3.8) is 0 Å². The topological polar surface area (TPSA) is 72.5 Å². The van der Waals surface area contributed by atoms with Gasteiger partial charge >= 0.3 is 21.5 Å². The van der Waals surface area contributed by atoms with Crippen LogP contribution >= 0.6 is 0 Å². The molecular formula is C15H20F3NO4S. The van der Waals surface area contributed by atoms with Crippen molar-refractivity contribution in [2.24, 2.45) is 29.6 Å². The number of alkyl halides is 3. The van der Waals surface area contributed by atoms with Gasteiger partial charge in [0.15, 0.2) is 0 Å². The van der Waals surface area contributed by atoms with E-state index in [4.69, 9.17) is 4.74 Å². The van der Waals surface area contributed by atoms with Gasteiger partial charge in [-0.15, -0.1) is 0 Å². The number of carbonyl (C=O) groups excluding carboxylic acids is 1. The molecule has 3 aliphatic rings. The zero-order chi connectivity index (χ0) is 17.9. The average Bonchev–Trinajstić information content (AvgIpc) is 3.10. The second kappa shape index (κ2) is 5.72. The lowest BCUT2D eigenvalue weighted by Crippen LogP contribution is -2.45. The highest BCUT2D eigenvalue weighted by Gasteiger charge is 2.63. The minimum atomic E-state index is -5.39. The van der Waals surface area contributed by atoms with Gasteiger partial charge < -0.3 is 4.74 Å². The largest absolute Gasteiger partial charge is 0.511 e. The van der Waals surface area contributed by atoms with E-state index in [1.165, 1.54) is 6.92 Å². The molecule has 0 aliphatic heterocycles. The van der Waals surface area contributed by atoms with Crippen molar-refractivity contribution >= 4 is 16.0 Å². The van der Waals surface area contributed by atoms with E-state index in [1.807, 2.05) is 0 Å². The van der Waals surface area contributed by atoms with E-state index in [0.29, 0.717) is 11.8 Å². The molecule has 6 unspecified atom stereocenters. The number of carbonyl (C=O) groups is 1. The van der Waals surface area contributed by atoms with E-state index < -0.39 is 33.5 Å². The number of hydrogen-bond donors (Lipinski definition) is 1. The van der Waals surface area contributed by atoms with Crippen molar-refractivity contribution in [2.45, 2.75) is 37.8 Å². The molecule has 6 atom stereocenters. The molecule has 0 radical (unpaired) electrons. The van der Waals surface area contributed by atoms with Crippen LogP contribution in [0.1, 0.15) is 26.2 Å². The molecule has 0 aromatic rings. The van der Waals surface area contributed by atoms with Gasteiger partial charge in [-0.05, 0) is 43.9 Å². The molecule has 0 spiro atoms. The van der Waals surface area contributed by atoms with Crippen molar-refractivity contribution in [2.75, 3.05) is 6.54 Å². The van der Waals surface area contributed by atoms with Crippen LogP contribution in [-0.4, -0.2) is 32.5 Å². The van der Waals surface area contributed by atoms with Gasteiger partial charge in [0.25, 0.3) is 0 Å². The lowest BCUT2D eigenvalue weighted by molar-refractivity contribution is -0.150. The molecular weight excluding hydrogens is 347 g/mol. The van der Waals surface area contributed by atoms with Crippen molar-refractivity contribution in [3.8, 4) is 0 Å². The van der Waals surface area contributed by atoms with Crippen LogP contribution in [0.3, 0.4) is 0 Å². The van der Waals surface area contributed by atoms with Gasteiger partial charge in [0, 0.05) is 24.0 Å². The van der Waals surface area contributed by atoms with Crippen LogP contribution in [-0.2, 0) is 19.6 Å². The van der Waals surface area contributed by atoms with Gasteiger partial charge in [-0.1, -0.05) is 6.58 Å².